The summed E-state index contributed by atoms with van der Waals surface area (Å²) in [6.07, 6.45) is 3.70. The smallest absolute Gasteiger partial charge is 0.0264 e. The maximum atomic E-state index is 11.2. The molecule has 0 aliphatic rings. The topological polar surface area (TPSA) is 17.1 Å². The Bertz CT molecular complexity index is 152. The molecule has 0 saturated heterocycles. The highest BCUT2D eigenvalue weighted by molar-refractivity contribution is 8.00. The Morgan fingerprint density at radius 3 is 1.78 bits per heavy atom. The fraction of sp³-hybridized carbons (Fsp3) is 0.857. The monoisotopic (exact) mass is 148 g/mol. The first-order valence-electron chi connectivity index (χ1n) is 3.33. The second kappa shape index (κ2) is 3.25. The van der Waals surface area contributed by atoms with E-state index in [1.807, 2.05) is 0 Å². The van der Waals surface area contributed by atoms with Gasteiger partial charge in [0.1, 0.15) is 0 Å². The lowest BCUT2D eigenvalue weighted by Crippen LogP contribution is -2.16. The maximum Gasteiger partial charge on any atom is 0.0264 e. The van der Waals surface area contributed by atoms with E-state index in [-0.39, 0.29) is 0 Å². The quantitative estimate of drug-likeness (QED) is 0.555. The molecule has 0 rings (SSSR count). The maximum absolute atomic E-state index is 11.2. The molecule has 0 saturated carbocycles. The van der Waals surface area contributed by atoms with Crippen molar-refractivity contribution in [1.29, 1.82) is 0 Å². The van der Waals surface area contributed by atoms with Crippen LogP contribution in [0.3, 0.4) is 0 Å². The van der Waals surface area contributed by atoms with Crippen LogP contribution in [-0.4, -0.2) is 21.6 Å². The van der Waals surface area contributed by atoms with Crippen molar-refractivity contribution >= 4 is 15.4 Å². The van der Waals surface area contributed by atoms with E-state index >= 15 is 0 Å². The summed E-state index contributed by atoms with van der Waals surface area (Å²) in [4.78, 5) is 0. The highest BCUT2D eigenvalue weighted by Crippen LogP contribution is 2.07. The first-order valence-corrected chi connectivity index (χ1v) is 5.53. The molecular weight excluding hydrogens is 132 g/mol. The Kier molecular flexibility index (Phi) is 3.26. The van der Waals surface area contributed by atoms with E-state index in [2.05, 4.69) is 19.7 Å². The zero-order chi connectivity index (χ0) is 7.49. The molecular formula is C7H16OS. The molecule has 0 heterocycles. The van der Waals surface area contributed by atoms with E-state index < -0.39 is 9.52 Å². The number of hydrogen-bond acceptors (Lipinski definition) is 1. The van der Waals surface area contributed by atoms with Crippen LogP contribution in [0, 0.1) is 0 Å². The first-order chi connectivity index (χ1) is 4.02. The lowest BCUT2D eigenvalue weighted by atomic mass is 10.3. The second-order valence-electron chi connectivity index (χ2n) is 2.51. The van der Waals surface area contributed by atoms with Crippen molar-refractivity contribution in [3.05, 3.63) is 0 Å². The third kappa shape index (κ3) is 2.89. The highest BCUT2D eigenvalue weighted by atomic mass is 32.2. The van der Waals surface area contributed by atoms with Gasteiger partial charge in [-0.1, -0.05) is 13.8 Å². The van der Waals surface area contributed by atoms with Gasteiger partial charge in [-0.05, 0) is 28.2 Å². The molecule has 0 aromatic heterocycles. The molecule has 0 bridgehead atoms. The molecule has 0 fully saturated rings. The Morgan fingerprint density at radius 2 is 1.78 bits per heavy atom. The molecule has 0 aromatic carbocycles. The Balaban J connectivity index is 4.14. The molecule has 0 aliphatic carbocycles. The lowest BCUT2D eigenvalue weighted by molar-refractivity contribution is 0.660. The van der Waals surface area contributed by atoms with Crippen LogP contribution < -0.4 is 0 Å². The van der Waals surface area contributed by atoms with Gasteiger partial charge in [-0.15, -0.1) is 0 Å². The predicted molar refractivity (Wildman–Crippen MR) is 45.6 cm³/mol. The summed E-state index contributed by atoms with van der Waals surface area (Å²) in [5, 5.41) is 0.317. The van der Waals surface area contributed by atoms with Crippen LogP contribution in [0.15, 0.2) is 0 Å². The fourth-order valence-electron chi connectivity index (χ4n) is 0.994. The Labute approximate surface area is 58.5 Å². The summed E-state index contributed by atoms with van der Waals surface area (Å²) in [5.41, 5.74) is 0. The van der Waals surface area contributed by atoms with Gasteiger partial charge in [0, 0.05) is 11.5 Å². The van der Waals surface area contributed by atoms with Crippen LogP contribution >= 0.6 is 0 Å². The average Bonchev–Trinajstić information content (AvgIpc) is 1.65. The van der Waals surface area contributed by atoms with Crippen molar-refractivity contribution in [3.63, 3.8) is 0 Å². The molecule has 0 N–H and O–H groups in total. The van der Waals surface area contributed by atoms with Crippen molar-refractivity contribution in [2.24, 2.45) is 0 Å². The minimum atomic E-state index is -1.77. The van der Waals surface area contributed by atoms with Crippen molar-refractivity contribution in [1.82, 2.24) is 0 Å². The van der Waals surface area contributed by atoms with Crippen LogP contribution in [0.4, 0.5) is 0 Å². The summed E-state index contributed by atoms with van der Waals surface area (Å²) in [5.74, 6) is 3.64. The summed E-state index contributed by atoms with van der Waals surface area (Å²) in [6.45, 7) is 4.12. The van der Waals surface area contributed by atoms with Crippen LogP contribution in [0.25, 0.3) is 0 Å². The molecule has 0 radical (unpaired) electrons. The fourth-order valence-corrected chi connectivity index (χ4v) is 2.40. The van der Waals surface area contributed by atoms with Crippen LogP contribution in [0.1, 0.15) is 26.7 Å². The Morgan fingerprint density at radius 1 is 1.44 bits per heavy atom. The van der Waals surface area contributed by atoms with Gasteiger partial charge in [0.25, 0.3) is 0 Å². The first kappa shape index (κ1) is 9.02. The highest BCUT2D eigenvalue weighted by Gasteiger charge is 2.08. The second-order valence-corrected chi connectivity index (χ2v) is 5.32. The van der Waals surface area contributed by atoms with Gasteiger partial charge in [0.15, 0.2) is 0 Å². The number of hydrogen-bond donors (Lipinski definition) is 0. The molecule has 0 amide bonds. The van der Waals surface area contributed by atoms with Crippen molar-refractivity contribution in [2.45, 2.75) is 31.9 Å². The summed E-state index contributed by atoms with van der Waals surface area (Å²) in [6, 6.07) is 0. The van der Waals surface area contributed by atoms with E-state index in [0.717, 1.165) is 12.8 Å². The zero-order valence-electron chi connectivity index (χ0n) is 6.52. The largest absolute Gasteiger partial charge is 0.268 e. The third-order valence-corrected chi connectivity index (χ3v) is 3.69. The molecule has 0 aliphatic heterocycles. The average molecular weight is 148 g/mol. The summed E-state index contributed by atoms with van der Waals surface area (Å²) in [7, 11) is -1.77. The predicted octanol–water partition coefficient (Wildman–Crippen LogP) is 1.52. The minimum Gasteiger partial charge on any atom is -0.268 e. The van der Waals surface area contributed by atoms with Gasteiger partial charge in [0.2, 0.25) is 0 Å². The van der Waals surface area contributed by atoms with Crippen LogP contribution in [-0.2, 0) is 9.52 Å². The van der Waals surface area contributed by atoms with Crippen LogP contribution in [0.5, 0.6) is 0 Å². The normalized spacial score (nSPS) is 17.8. The Hall–Kier alpha value is 0.0200. The van der Waals surface area contributed by atoms with Crippen molar-refractivity contribution in [3.8, 4) is 0 Å². The molecule has 0 aromatic rings. The summed E-state index contributed by atoms with van der Waals surface area (Å²) >= 11 is 0. The molecule has 9 heavy (non-hydrogen) atoms. The van der Waals surface area contributed by atoms with Crippen molar-refractivity contribution in [2.75, 3.05) is 6.26 Å². The molecule has 1 nitrogen and oxygen atoms in total. The van der Waals surface area contributed by atoms with Gasteiger partial charge in [0.05, 0.1) is 0 Å². The van der Waals surface area contributed by atoms with E-state index in [9.17, 15) is 4.21 Å². The minimum absolute atomic E-state index is 0.317. The standard InChI is InChI=1S/C7H16OS/c1-5-7(6-2)9(3,4)8/h7H,3,5-6H2,1-2,4H3. The van der Waals surface area contributed by atoms with E-state index in [4.69, 9.17) is 0 Å². The SMILES string of the molecule is C=S(C)(=O)C(CC)CC. The van der Waals surface area contributed by atoms with Gasteiger partial charge in [-0.2, -0.15) is 0 Å². The van der Waals surface area contributed by atoms with Gasteiger partial charge in [-0.25, -0.2) is 0 Å². The lowest BCUT2D eigenvalue weighted by Gasteiger charge is -2.12. The van der Waals surface area contributed by atoms with Gasteiger partial charge < -0.3 is 0 Å². The molecule has 0 spiro atoms. The number of rotatable bonds is 3. The van der Waals surface area contributed by atoms with Crippen molar-refractivity contribution < 1.29 is 4.21 Å². The van der Waals surface area contributed by atoms with E-state index in [0.29, 0.717) is 5.25 Å². The van der Waals surface area contributed by atoms with Gasteiger partial charge >= 0.3 is 0 Å². The molecule has 2 heteroatoms. The molecule has 56 valence electrons. The molecule has 1 unspecified atom stereocenters. The summed E-state index contributed by atoms with van der Waals surface area (Å²) < 4.78 is 11.2. The van der Waals surface area contributed by atoms with E-state index in [1.54, 1.807) is 6.26 Å². The zero-order valence-corrected chi connectivity index (χ0v) is 7.33. The third-order valence-electron chi connectivity index (χ3n) is 1.62. The van der Waals surface area contributed by atoms with Gasteiger partial charge in [-0.3, -0.25) is 4.21 Å². The molecule has 1 atom stereocenters. The van der Waals surface area contributed by atoms with Crippen LogP contribution in [0.2, 0.25) is 0 Å². The van der Waals surface area contributed by atoms with E-state index in [1.165, 1.54) is 0 Å².